The summed E-state index contributed by atoms with van der Waals surface area (Å²) in [5, 5.41) is 0. The smallest absolute Gasteiger partial charge is 0.307 e. The number of fused-ring (bicyclic) bond motifs is 1. The molecule has 1 amide bonds. The Bertz CT molecular complexity index is 738. The first-order valence-corrected chi connectivity index (χ1v) is 9.31. The second-order valence-electron chi connectivity index (χ2n) is 7.49. The number of ether oxygens (including phenoxy) is 3. The lowest BCUT2D eigenvalue weighted by Gasteiger charge is -2.35. The summed E-state index contributed by atoms with van der Waals surface area (Å²) in [6.07, 6.45) is 4.66. The third-order valence-electron chi connectivity index (χ3n) is 6.10. The van der Waals surface area contributed by atoms with Gasteiger partial charge in [0, 0.05) is 13.1 Å². The highest BCUT2D eigenvalue weighted by Crippen LogP contribution is 2.46. The number of amides is 1. The molecule has 1 aliphatic carbocycles. The van der Waals surface area contributed by atoms with Gasteiger partial charge in [-0.15, -0.1) is 0 Å². The molecule has 0 aromatic heterocycles. The molecule has 2 aliphatic heterocycles. The molecular formula is C20H25NO5. The van der Waals surface area contributed by atoms with Crippen molar-refractivity contribution in [2.24, 2.45) is 5.92 Å². The molecule has 1 saturated carbocycles. The zero-order valence-electron chi connectivity index (χ0n) is 15.4. The van der Waals surface area contributed by atoms with Gasteiger partial charge < -0.3 is 19.1 Å². The fourth-order valence-corrected chi connectivity index (χ4v) is 4.72. The summed E-state index contributed by atoms with van der Waals surface area (Å²) < 4.78 is 16.4. The molecule has 1 atom stereocenters. The Labute approximate surface area is 153 Å². The first-order chi connectivity index (χ1) is 12.6. The van der Waals surface area contributed by atoms with Gasteiger partial charge >= 0.3 is 5.97 Å². The molecule has 0 bridgehead atoms. The number of methoxy groups -OCH3 is 2. The van der Waals surface area contributed by atoms with E-state index in [1.165, 1.54) is 5.56 Å². The van der Waals surface area contributed by atoms with Crippen molar-refractivity contribution >= 4 is 11.9 Å². The van der Waals surface area contributed by atoms with Gasteiger partial charge in [-0.2, -0.15) is 0 Å². The summed E-state index contributed by atoms with van der Waals surface area (Å²) in [4.78, 5) is 27.0. The molecule has 1 aromatic carbocycles. The third-order valence-corrected chi connectivity index (χ3v) is 6.10. The molecule has 2 fully saturated rings. The molecular weight excluding hydrogens is 334 g/mol. The Kier molecular flexibility index (Phi) is 4.29. The van der Waals surface area contributed by atoms with Gasteiger partial charge in [-0.25, -0.2) is 0 Å². The molecule has 26 heavy (non-hydrogen) atoms. The summed E-state index contributed by atoms with van der Waals surface area (Å²) in [5.74, 6) is 0.879. The number of nitrogens with zero attached hydrogens (tertiary/aromatic N) is 1. The quantitative estimate of drug-likeness (QED) is 0.776. The van der Waals surface area contributed by atoms with Crippen LogP contribution in [-0.2, 0) is 27.3 Å². The molecule has 140 valence electrons. The fourth-order valence-electron chi connectivity index (χ4n) is 4.72. The van der Waals surface area contributed by atoms with Gasteiger partial charge in [0.25, 0.3) is 0 Å². The monoisotopic (exact) mass is 359 g/mol. The number of esters is 1. The van der Waals surface area contributed by atoms with Crippen LogP contribution in [0.1, 0.15) is 43.2 Å². The fraction of sp³-hybridized carbons (Fsp3) is 0.600. The minimum absolute atomic E-state index is 0.0539. The van der Waals surface area contributed by atoms with Crippen molar-refractivity contribution in [2.75, 3.05) is 20.8 Å². The lowest BCUT2D eigenvalue weighted by Crippen LogP contribution is -2.46. The average molecular weight is 359 g/mol. The second-order valence-corrected chi connectivity index (χ2v) is 7.49. The van der Waals surface area contributed by atoms with Gasteiger partial charge in [-0.1, -0.05) is 0 Å². The maximum absolute atomic E-state index is 13.2. The number of carbonyl (C=O) groups excluding carboxylic acids is 2. The SMILES string of the molecule is COc1cc2c(cc1OC)CN(C(=O)[C@@H]1CC(=O)OC13CCCC3)CC2. The van der Waals surface area contributed by atoms with Crippen molar-refractivity contribution < 1.29 is 23.8 Å². The van der Waals surface area contributed by atoms with Crippen LogP contribution in [0, 0.1) is 5.92 Å². The van der Waals surface area contributed by atoms with E-state index < -0.39 is 5.60 Å². The highest BCUT2D eigenvalue weighted by Gasteiger charge is 2.54. The van der Waals surface area contributed by atoms with Crippen LogP contribution >= 0.6 is 0 Å². The minimum atomic E-state index is -0.550. The molecule has 0 N–H and O–H groups in total. The first-order valence-electron chi connectivity index (χ1n) is 9.31. The molecule has 6 heteroatoms. The Morgan fingerprint density at radius 1 is 1.15 bits per heavy atom. The van der Waals surface area contributed by atoms with Crippen molar-refractivity contribution in [2.45, 2.75) is 50.7 Å². The van der Waals surface area contributed by atoms with Crippen LogP contribution in [0.5, 0.6) is 11.5 Å². The highest BCUT2D eigenvalue weighted by molar-refractivity contribution is 5.88. The van der Waals surface area contributed by atoms with E-state index in [9.17, 15) is 9.59 Å². The van der Waals surface area contributed by atoms with Crippen molar-refractivity contribution in [3.63, 3.8) is 0 Å². The van der Waals surface area contributed by atoms with Crippen LogP contribution < -0.4 is 9.47 Å². The maximum atomic E-state index is 13.2. The Morgan fingerprint density at radius 2 is 1.81 bits per heavy atom. The van der Waals surface area contributed by atoms with Gasteiger partial charge in [-0.05, 0) is 55.4 Å². The standard InChI is InChI=1S/C20H25NO5/c1-24-16-9-13-5-8-21(12-14(13)10-17(16)25-2)19(23)15-11-18(22)26-20(15)6-3-4-7-20/h9-10,15H,3-8,11-12H2,1-2H3/t15-/m0/s1. The predicted octanol–water partition coefficient (Wildman–Crippen LogP) is 2.46. The van der Waals surface area contributed by atoms with Crippen LogP contribution in [0.4, 0.5) is 0 Å². The van der Waals surface area contributed by atoms with Gasteiger partial charge in [0.15, 0.2) is 11.5 Å². The summed E-state index contributed by atoms with van der Waals surface area (Å²) in [6.45, 7) is 1.19. The number of hydrogen-bond acceptors (Lipinski definition) is 5. The van der Waals surface area contributed by atoms with Gasteiger partial charge in [-0.3, -0.25) is 9.59 Å². The van der Waals surface area contributed by atoms with E-state index in [0.29, 0.717) is 24.6 Å². The zero-order valence-corrected chi connectivity index (χ0v) is 15.4. The predicted molar refractivity (Wildman–Crippen MR) is 94.1 cm³/mol. The van der Waals surface area contributed by atoms with E-state index in [1.807, 2.05) is 17.0 Å². The zero-order chi connectivity index (χ0) is 18.3. The molecule has 1 saturated heterocycles. The van der Waals surface area contributed by atoms with E-state index in [-0.39, 0.29) is 24.2 Å². The van der Waals surface area contributed by atoms with Crippen molar-refractivity contribution in [1.29, 1.82) is 0 Å². The molecule has 4 rings (SSSR count). The normalized spacial score (nSPS) is 23.7. The lowest BCUT2D eigenvalue weighted by molar-refractivity contribution is -0.152. The number of carbonyl (C=O) groups is 2. The minimum Gasteiger partial charge on any atom is -0.493 e. The van der Waals surface area contributed by atoms with E-state index >= 15 is 0 Å². The number of rotatable bonds is 3. The van der Waals surface area contributed by atoms with Crippen LogP contribution in [-0.4, -0.2) is 43.1 Å². The maximum Gasteiger partial charge on any atom is 0.307 e. The first kappa shape index (κ1) is 17.2. The van der Waals surface area contributed by atoms with E-state index in [2.05, 4.69) is 0 Å². The van der Waals surface area contributed by atoms with Crippen molar-refractivity contribution in [1.82, 2.24) is 4.90 Å². The van der Waals surface area contributed by atoms with Crippen LogP contribution in [0.2, 0.25) is 0 Å². The van der Waals surface area contributed by atoms with E-state index in [0.717, 1.165) is 37.7 Å². The van der Waals surface area contributed by atoms with Crippen LogP contribution in [0.15, 0.2) is 12.1 Å². The van der Waals surface area contributed by atoms with Crippen LogP contribution in [0.3, 0.4) is 0 Å². The van der Waals surface area contributed by atoms with Crippen molar-refractivity contribution in [3.05, 3.63) is 23.3 Å². The Hall–Kier alpha value is -2.24. The molecule has 1 spiro atoms. The van der Waals surface area contributed by atoms with Crippen molar-refractivity contribution in [3.8, 4) is 11.5 Å². The number of hydrogen-bond donors (Lipinski definition) is 0. The summed E-state index contributed by atoms with van der Waals surface area (Å²) >= 11 is 0. The van der Waals surface area contributed by atoms with Gasteiger partial charge in [0.2, 0.25) is 5.91 Å². The van der Waals surface area contributed by atoms with E-state index in [4.69, 9.17) is 14.2 Å². The van der Waals surface area contributed by atoms with Crippen LogP contribution in [0.25, 0.3) is 0 Å². The highest BCUT2D eigenvalue weighted by atomic mass is 16.6. The third kappa shape index (κ3) is 2.72. The Morgan fingerprint density at radius 3 is 2.46 bits per heavy atom. The van der Waals surface area contributed by atoms with Gasteiger partial charge in [0.05, 0.1) is 26.6 Å². The molecule has 3 aliphatic rings. The molecule has 0 unspecified atom stereocenters. The average Bonchev–Trinajstić information content (AvgIpc) is 3.25. The topological polar surface area (TPSA) is 65.1 Å². The molecule has 2 heterocycles. The molecule has 6 nitrogen and oxygen atoms in total. The summed E-state index contributed by atoms with van der Waals surface area (Å²) in [5.41, 5.74) is 1.71. The summed E-state index contributed by atoms with van der Waals surface area (Å²) in [7, 11) is 3.24. The lowest BCUT2D eigenvalue weighted by atomic mass is 9.84. The van der Waals surface area contributed by atoms with E-state index in [1.54, 1.807) is 14.2 Å². The molecule has 0 radical (unpaired) electrons. The Balaban J connectivity index is 1.56. The second kappa shape index (κ2) is 6.49. The summed E-state index contributed by atoms with van der Waals surface area (Å²) in [6, 6.07) is 3.95. The largest absolute Gasteiger partial charge is 0.493 e. The number of benzene rings is 1. The van der Waals surface area contributed by atoms with Gasteiger partial charge in [0.1, 0.15) is 5.60 Å². The molecule has 1 aromatic rings.